The minimum Gasteiger partial charge on any atom is -0.497 e. The first kappa shape index (κ1) is 30.0. The molecule has 0 saturated carbocycles. The summed E-state index contributed by atoms with van der Waals surface area (Å²) in [6.07, 6.45) is 1.23. The average molecular weight is 605 g/mol. The second-order valence-corrected chi connectivity index (χ2v) is 12.0. The van der Waals surface area contributed by atoms with E-state index >= 15 is 0 Å². The maximum Gasteiger partial charge on any atom is 0.326 e. The van der Waals surface area contributed by atoms with Gasteiger partial charge in [-0.15, -0.1) is 11.3 Å². The lowest BCUT2D eigenvalue weighted by molar-refractivity contribution is -0.148. The highest BCUT2D eigenvalue weighted by Crippen LogP contribution is 2.35. The van der Waals surface area contributed by atoms with Crippen LogP contribution in [-0.4, -0.2) is 74.7 Å². The molecule has 12 heteroatoms. The van der Waals surface area contributed by atoms with E-state index < -0.39 is 24.2 Å². The number of likely N-dealkylation sites (tertiary alicyclic amines) is 1. The number of thiazole rings is 1. The molecule has 5 rings (SSSR count). The van der Waals surface area contributed by atoms with Crippen LogP contribution in [0.1, 0.15) is 34.1 Å². The summed E-state index contributed by atoms with van der Waals surface area (Å²) in [7, 11) is 1.59. The van der Waals surface area contributed by atoms with Gasteiger partial charge in [0.2, 0.25) is 5.91 Å². The number of aromatic nitrogens is 3. The monoisotopic (exact) mass is 604 g/mol. The van der Waals surface area contributed by atoms with Crippen LogP contribution in [0.15, 0.2) is 54.0 Å². The Labute approximate surface area is 254 Å². The van der Waals surface area contributed by atoms with Gasteiger partial charge in [0.25, 0.3) is 0 Å². The van der Waals surface area contributed by atoms with Gasteiger partial charge < -0.3 is 30.1 Å². The molecule has 11 nitrogen and oxygen atoms in total. The zero-order chi connectivity index (χ0) is 30.7. The van der Waals surface area contributed by atoms with E-state index in [1.807, 2.05) is 63.4 Å². The van der Waals surface area contributed by atoms with Crippen molar-refractivity contribution in [3.05, 3.63) is 54.0 Å². The highest BCUT2D eigenvalue weighted by Gasteiger charge is 2.43. The first-order valence-electron chi connectivity index (χ1n) is 14.2. The van der Waals surface area contributed by atoms with Gasteiger partial charge >= 0.3 is 5.97 Å². The van der Waals surface area contributed by atoms with E-state index in [0.29, 0.717) is 34.2 Å². The second-order valence-electron chi connectivity index (χ2n) is 11.1. The lowest BCUT2D eigenvalue weighted by Gasteiger charge is -2.29. The molecule has 4 heterocycles. The molecule has 0 spiro atoms. The number of aliphatic carboxylic acids is 1. The average Bonchev–Trinajstić information content (AvgIpc) is 3.62. The lowest BCUT2D eigenvalue weighted by Crippen LogP contribution is -2.50. The third-order valence-corrected chi connectivity index (χ3v) is 7.96. The van der Waals surface area contributed by atoms with Crippen molar-refractivity contribution < 1.29 is 24.2 Å². The van der Waals surface area contributed by atoms with Crippen molar-refractivity contribution in [1.82, 2.24) is 19.9 Å². The zero-order valence-electron chi connectivity index (χ0n) is 24.8. The standard InChI is InChI=1S/C31H36N6O5S/c1-17(2)28(36-27-8-6-7-11-32-27)29(38)37-15-20(13-25(37)30(39)40)42-26-14-23(24-16-43-31(35-24)33-18(3)4)34-22-12-19(41-5)9-10-21(22)26/h6-12,14,16-18,20,25,28H,13,15H2,1-5H3,(H,32,36)(H,33,35)(H,39,40)/t20-,25+,28+/m1/s1. The van der Waals surface area contributed by atoms with Crippen LogP contribution in [0.5, 0.6) is 11.5 Å². The number of ether oxygens (including phenoxy) is 2. The fourth-order valence-electron chi connectivity index (χ4n) is 5.08. The first-order chi connectivity index (χ1) is 20.6. The Bertz CT molecular complexity index is 1590. The fraction of sp³-hybridized carbons (Fsp3) is 0.387. The number of nitrogens with one attached hydrogen (secondary N) is 2. The molecule has 43 heavy (non-hydrogen) atoms. The summed E-state index contributed by atoms with van der Waals surface area (Å²) in [6, 6.07) is 11.3. The number of amides is 1. The number of carbonyl (C=O) groups is 2. The molecule has 1 aromatic carbocycles. The summed E-state index contributed by atoms with van der Waals surface area (Å²) in [4.78, 5) is 41.4. The predicted octanol–water partition coefficient (Wildman–Crippen LogP) is 5.15. The van der Waals surface area contributed by atoms with Crippen molar-refractivity contribution in [2.75, 3.05) is 24.3 Å². The largest absolute Gasteiger partial charge is 0.497 e. The van der Waals surface area contributed by atoms with Crippen LogP contribution < -0.4 is 20.1 Å². The normalized spacial score (nSPS) is 17.3. The van der Waals surface area contributed by atoms with Crippen molar-refractivity contribution in [3.63, 3.8) is 0 Å². The number of anilines is 2. The molecule has 3 atom stereocenters. The Kier molecular flexibility index (Phi) is 8.95. The molecule has 1 aliphatic rings. The third kappa shape index (κ3) is 6.80. The smallest absolute Gasteiger partial charge is 0.326 e. The number of hydrogen-bond donors (Lipinski definition) is 3. The van der Waals surface area contributed by atoms with Gasteiger partial charge in [-0.2, -0.15) is 0 Å². The molecule has 3 N–H and O–H groups in total. The number of hydrogen-bond acceptors (Lipinski definition) is 10. The topological polar surface area (TPSA) is 139 Å². The molecule has 0 bridgehead atoms. The SMILES string of the molecule is COc1ccc2c(O[C@@H]3C[C@@H](C(=O)O)N(C(=O)[C@@H](Nc4ccccn4)C(C)C)C3)cc(-c3csc(NC(C)C)n3)nc2c1. The molecular formula is C31H36N6O5S. The Morgan fingerprint density at radius 3 is 2.56 bits per heavy atom. The Morgan fingerprint density at radius 1 is 1.07 bits per heavy atom. The molecule has 0 radical (unpaired) electrons. The Hall–Kier alpha value is -4.45. The summed E-state index contributed by atoms with van der Waals surface area (Å²) in [6.45, 7) is 8.05. The fourth-order valence-corrected chi connectivity index (χ4v) is 5.93. The summed E-state index contributed by atoms with van der Waals surface area (Å²) < 4.78 is 11.9. The van der Waals surface area contributed by atoms with Crippen LogP contribution in [0.25, 0.3) is 22.3 Å². The number of nitrogens with zero attached hydrogens (tertiary/aromatic N) is 4. The van der Waals surface area contributed by atoms with E-state index in [0.717, 1.165) is 10.5 Å². The van der Waals surface area contributed by atoms with E-state index in [1.54, 1.807) is 25.4 Å². The number of carboxylic acids is 1. The predicted molar refractivity (Wildman–Crippen MR) is 167 cm³/mol. The highest BCUT2D eigenvalue weighted by molar-refractivity contribution is 7.14. The van der Waals surface area contributed by atoms with Crippen LogP contribution in [0.4, 0.5) is 10.9 Å². The number of fused-ring (bicyclic) bond motifs is 1. The van der Waals surface area contributed by atoms with E-state index in [4.69, 9.17) is 19.4 Å². The van der Waals surface area contributed by atoms with Crippen LogP contribution in [0.2, 0.25) is 0 Å². The molecule has 1 saturated heterocycles. The van der Waals surface area contributed by atoms with Crippen LogP contribution >= 0.6 is 11.3 Å². The summed E-state index contributed by atoms with van der Waals surface area (Å²) in [5, 5.41) is 20.1. The van der Waals surface area contributed by atoms with Gasteiger partial charge in [0, 0.05) is 41.6 Å². The number of methoxy groups -OCH3 is 1. The van der Waals surface area contributed by atoms with Gasteiger partial charge in [-0.25, -0.2) is 19.7 Å². The van der Waals surface area contributed by atoms with Gasteiger partial charge in [-0.05, 0) is 44.0 Å². The van der Waals surface area contributed by atoms with E-state index in [1.165, 1.54) is 16.2 Å². The molecular weight excluding hydrogens is 568 g/mol. The molecule has 0 aliphatic carbocycles. The second kappa shape index (κ2) is 12.8. The third-order valence-electron chi connectivity index (χ3n) is 7.18. The van der Waals surface area contributed by atoms with Gasteiger partial charge in [0.15, 0.2) is 5.13 Å². The minimum atomic E-state index is -1.07. The van der Waals surface area contributed by atoms with Crippen molar-refractivity contribution in [3.8, 4) is 22.9 Å². The van der Waals surface area contributed by atoms with E-state index in [9.17, 15) is 14.7 Å². The molecule has 1 amide bonds. The Balaban J connectivity index is 1.44. The maximum atomic E-state index is 13.8. The first-order valence-corrected chi connectivity index (χ1v) is 15.1. The van der Waals surface area contributed by atoms with Crippen LogP contribution in [0, 0.1) is 5.92 Å². The van der Waals surface area contributed by atoms with Crippen molar-refractivity contribution in [2.24, 2.45) is 5.92 Å². The summed E-state index contributed by atoms with van der Waals surface area (Å²) in [5.41, 5.74) is 1.96. The molecule has 3 aromatic heterocycles. The number of carboxylic acid groups (broad SMARTS) is 1. The van der Waals surface area contributed by atoms with Gasteiger partial charge in [-0.1, -0.05) is 19.9 Å². The quantitative estimate of drug-likeness (QED) is 0.211. The van der Waals surface area contributed by atoms with Gasteiger partial charge in [0.05, 0.1) is 24.9 Å². The van der Waals surface area contributed by atoms with Crippen LogP contribution in [0.3, 0.4) is 0 Å². The highest BCUT2D eigenvalue weighted by atomic mass is 32.1. The van der Waals surface area contributed by atoms with Gasteiger partial charge in [0.1, 0.15) is 41.2 Å². The maximum absolute atomic E-state index is 13.8. The zero-order valence-corrected chi connectivity index (χ0v) is 25.6. The summed E-state index contributed by atoms with van der Waals surface area (Å²) in [5.74, 6) is 0.234. The van der Waals surface area contributed by atoms with Gasteiger partial charge in [-0.3, -0.25) is 4.79 Å². The van der Waals surface area contributed by atoms with E-state index in [-0.39, 0.29) is 30.8 Å². The number of pyridine rings is 2. The number of rotatable bonds is 11. The lowest BCUT2D eigenvalue weighted by atomic mass is 10.0. The van der Waals surface area contributed by atoms with Crippen molar-refractivity contribution >= 4 is 45.1 Å². The van der Waals surface area contributed by atoms with Crippen molar-refractivity contribution in [2.45, 2.75) is 58.3 Å². The summed E-state index contributed by atoms with van der Waals surface area (Å²) >= 11 is 1.49. The van der Waals surface area contributed by atoms with Crippen molar-refractivity contribution in [1.29, 1.82) is 0 Å². The Morgan fingerprint density at radius 2 is 1.88 bits per heavy atom. The molecule has 4 aromatic rings. The molecule has 1 fully saturated rings. The van der Waals surface area contributed by atoms with E-state index in [2.05, 4.69) is 15.6 Å². The molecule has 0 unspecified atom stereocenters. The molecule has 226 valence electrons. The molecule has 1 aliphatic heterocycles. The number of benzene rings is 1. The van der Waals surface area contributed by atoms with Crippen LogP contribution in [-0.2, 0) is 9.59 Å². The number of carbonyl (C=O) groups excluding carboxylic acids is 1. The minimum absolute atomic E-state index is 0.112.